The van der Waals surface area contributed by atoms with Crippen molar-refractivity contribution in [3.8, 4) is 0 Å². The number of nitrogens with zero attached hydrogens (tertiary/aromatic N) is 1. The number of carbonyl (C=O) groups excluding carboxylic acids is 3. The van der Waals surface area contributed by atoms with Crippen molar-refractivity contribution in [2.45, 2.75) is 18.3 Å². The first-order chi connectivity index (χ1) is 12.8. The average molecular weight is 394 g/mol. The van der Waals surface area contributed by atoms with Gasteiger partial charge in [-0.3, -0.25) is 19.3 Å². The van der Waals surface area contributed by atoms with Crippen LogP contribution in [0.2, 0.25) is 0 Å². The lowest BCUT2D eigenvalue weighted by Crippen LogP contribution is -2.70. The van der Waals surface area contributed by atoms with Crippen molar-refractivity contribution in [3.05, 3.63) is 46.9 Å². The second kappa shape index (κ2) is 7.39. The molecule has 1 fully saturated rings. The Labute approximate surface area is 157 Å². The Hall–Kier alpha value is -2.88. The van der Waals surface area contributed by atoms with Crippen molar-refractivity contribution in [1.82, 2.24) is 10.2 Å². The molecule has 27 heavy (non-hydrogen) atoms. The zero-order chi connectivity index (χ0) is 19.7. The summed E-state index contributed by atoms with van der Waals surface area (Å²) in [4.78, 5) is 48.3. The minimum Gasteiger partial charge on any atom is -0.477 e. The molecule has 1 aromatic rings. The van der Waals surface area contributed by atoms with Crippen LogP contribution in [0.15, 0.2) is 35.5 Å². The molecule has 2 amide bonds. The van der Waals surface area contributed by atoms with E-state index in [1.54, 1.807) is 0 Å². The van der Waals surface area contributed by atoms with Crippen molar-refractivity contribution in [2.75, 3.05) is 12.4 Å². The molecule has 1 saturated heterocycles. The molecule has 0 bridgehead atoms. The molecule has 0 aliphatic carbocycles. The number of carboxylic acid groups (broad SMARTS) is 1. The number of rotatable bonds is 5. The van der Waals surface area contributed by atoms with Gasteiger partial charge < -0.3 is 15.2 Å². The summed E-state index contributed by atoms with van der Waals surface area (Å²) >= 11 is 1.23. The maximum Gasteiger partial charge on any atom is 0.352 e. The predicted molar refractivity (Wildman–Crippen MR) is 92.0 cm³/mol. The fraction of sp³-hybridized carbons (Fsp3) is 0.294. The fourth-order valence-corrected chi connectivity index (χ4v) is 4.17. The van der Waals surface area contributed by atoms with Crippen LogP contribution in [0.5, 0.6) is 0 Å². The second-order valence-electron chi connectivity index (χ2n) is 5.88. The molecule has 8 nitrogen and oxygen atoms in total. The Balaban J connectivity index is 1.77. The highest BCUT2D eigenvalue weighted by Crippen LogP contribution is 2.40. The summed E-state index contributed by atoms with van der Waals surface area (Å²) in [6, 6.07) is 4.39. The zero-order valence-corrected chi connectivity index (χ0v) is 14.9. The van der Waals surface area contributed by atoms with E-state index in [1.807, 2.05) is 0 Å². The molecule has 2 N–H and O–H groups in total. The number of aliphatic carboxylic acids is 1. The van der Waals surface area contributed by atoms with Gasteiger partial charge in [0, 0.05) is 18.2 Å². The molecule has 3 rings (SSSR count). The molecule has 0 radical (unpaired) electrons. The number of thioether (sulfide) groups is 1. The molecular weight excluding hydrogens is 379 g/mol. The summed E-state index contributed by atoms with van der Waals surface area (Å²) in [5.74, 6) is -3.76. The second-order valence-corrected chi connectivity index (χ2v) is 6.98. The van der Waals surface area contributed by atoms with Crippen LogP contribution in [0.1, 0.15) is 17.3 Å². The Morgan fingerprint density at radius 3 is 2.70 bits per heavy atom. The number of halogens is 1. The summed E-state index contributed by atoms with van der Waals surface area (Å²) in [5.41, 5.74) is -0.151. The third-order valence-corrected chi connectivity index (χ3v) is 5.44. The lowest BCUT2D eigenvalue weighted by molar-refractivity contribution is -0.149. The first-order valence-corrected chi connectivity index (χ1v) is 8.95. The van der Waals surface area contributed by atoms with Crippen LogP contribution in [-0.4, -0.2) is 57.5 Å². The normalized spacial score (nSPS) is 21.3. The van der Waals surface area contributed by atoms with Gasteiger partial charge in [0.05, 0.1) is 5.56 Å². The third kappa shape index (κ3) is 3.52. The number of fused-ring (bicyclic) bond motifs is 1. The summed E-state index contributed by atoms with van der Waals surface area (Å²) in [6.07, 6.45) is 0. The number of nitrogens with one attached hydrogen (secondary N) is 1. The predicted octanol–water partition coefficient (Wildman–Crippen LogP) is 0.741. The number of carbonyl (C=O) groups is 4. The third-order valence-electron chi connectivity index (χ3n) is 4.10. The number of hydrogen-bond donors (Lipinski definition) is 2. The van der Waals surface area contributed by atoms with E-state index < -0.39 is 41.0 Å². The van der Waals surface area contributed by atoms with Crippen LogP contribution in [0.3, 0.4) is 0 Å². The Kier molecular flexibility index (Phi) is 5.17. The molecule has 2 aliphatic rings. The zero-order valence-electron chi connectivity index (χ0n) is 14.1. The molecule has 2 aliphatic heterocycles. The highest BCUT2D eigenvalue weighted by Gasteiger charge is 2.54. The van der Waals surface area contributed by atoms with Crippen molar-refractivity contribution >= 4 is 35.5 Å². The number of amides is 2. The SMILES string of the molecule is CC(=O)OCC1=C(C(=O)O)N2C(=O)[C@@H](NC(=O)c3ccccc3F)[C@H]2SC1. The van der Waals surface area contributed by atoms with Gasteiger partial charge in [0.2, 0.25) is 0 Å². The van der Waals surface area contributed by atoms with Gasteiger partial charge in [0.25, 0.3) is 11.8 Å². The number of esters is 1. The monoisotopic (exact) mass is 394 g/mol. The van der Waals surface area contributed by atoms with Crippen LogP contribution >= 0.6 is 11.8 Å². The van der Waals surface area contributed by atoms with Crippen LogP contribution in [0.4, 0.5) is 4.39 Å². The van der Waals surface area contributed by atoms with Crippen LogP contribution < -0.4 is 5.32 Å². The quantitative estimate of drug-likeness (QED) is 0.559. The van der Waals surface area contributed by atoms with Crippen LogP contribution in [0.25, 0.3) is 0 Å². The first-order valence-electron chi connectivity index (χ1n) is 7.90. The number of carboxylic acids is 1. The fourth-order valence-electron chi connectivity index (χ4n) is 2.85. The van der Waals surface area contributed by atoms with Gasteiger partial charge in [-0.15, -0.1) is 11.8 Å². The summed E-state index contributed by atoms with van der Waals surface area (Å²) < 4.78 is 18.6. The van der Waals surface area contributed by atoms with Crippen molar-refractivity contribution < 1.29 is 33.4 Å². The molecule has 10 heteroatoms. The van der Waals surface area contributed by atoms with E-state index in [4.69, 9.17) is 4.74 Å². The van der Waals surface area contributed by atoms with E-state index in [-0.39, 0.29) is 23.6 Å². The first kappa shape index (κ1) is 18.9. The highest BCUT2D eigenvalue weighted by molar-refractivity contribution is 8.00. The summed E-state index contributed by atoms with van der Waals surface area (Å²) in [5, 5.41) is 11.3. The van der Waals surface area contributed by atoms with Gasteiger partial charge in [-0.25, -0.2) is 9.18 Å². The maximum absolute atomic E-state index is 13.7. The minimum absolute atomic E-state index is 0.200. The maximum atomic E-state index is 13.7. The van der Waals surface area contributed by atoms with E-state index in [1.165, 1.54) is 36.9 Å². The Bertz CT molecular complexity index is 871. The number of hydrogen-bond acceptors (Lipinski definition) is 6. The van der Waals surface area contributed by atoms with Gasteiger partial charge in [-0.05, 0) is 12.1 Å². The topological polar surface area (TPSA) is 113 Å². The molecule has 142 valence electrons. The van der Waals surface area contributed by atoms with Crippen LogP contribution in [0, 0.1) is 5.82 Å². The van der Waals surface area contributed by atoms with E-state index in [0.717, 1.165) is 11.0 Å². The summed E-state index contributed by atoms with van der Waals surface area (Å²) in [6.45, 7) is 0.968. The van der Waals surface area contributed by atoms with Gasteiger partial charge in [-0.2, -0.15) is 0 Å². The number of β-lactam (4-membered cyclic amide) rings is 1. The Morgan fingerprint density at radius 2 is 2.07 bits per heavy atom. The lowest BCUT2D eigenvalue weighted by atomic mass is 10.0. The largest absolute Gasteiger partial charge is 0.477 e. The molecule has 2 heterocycles. The molecule has 0 spiro atoms. The average Bonchev–Trinajstić information content (AvgIpc) is 2.63. The van der Waals surface area contributed by atoms with Crippen LogP contribution in [-0.2, 0) is 19.1 Å². The lowest BCUT2D eigenvalue weighted by Gasteiger charge is -2.49. The Morgan fingerprint density at radius 1 is 1.37 bits per heavy atom. The molecule has 2 atom stereocenters. The van der Waals surface area contributed by atoms with Gasteiger partial charge in [-0.1, -0.05) is 12.1 Å². The van der Waals surface area contributed by atoms with Crippen molar-refractivity contribution in [3.63, 3.8) is 0 Å². The van der Waals surface area contributed by atoms with E-state index >= 15 is 0 Å². The van der Waals surface area contributed by atoms with Gasteiger partial charge in [0.1, 0.15) is 29.5 Å². The van der Waals surface area contributed by atoms with Gasteiger partial charge >= 0.3 is 11.9 Å². The van der Waals surface area contributed by atoms with Crippen molar-refractivity contribution in [1.29, 1.82) is 0 Å². The molecule has 1 aromatic carbocycles. The number of ether oxygens (including phenoxy) is 1. The number of benzene rings is 1. The van der Waals surface area contributed by atoms with E-state index in [9.17, 15) is 28.7 Å². The molecule has 0 unspecified atom stereocenters. The van der Waals surface area contributed by atoms with E-state index in [0.29, 0.717) is 5.57 Å². The van der Waals surface area contributed by atoms with Crippen molar-refractivity contribution in [2.24, 2.45) is 0 Å². The smallest absolute Gasteiger partial charge is 0.352 e. The minimum atomic E-state index is -1.32. The highest BCUT2D eigenvalue weighted by atomic mass is 32.2. The van der Waals surface area contributed by atoms with E-state index in [2.05, 4.69) is 5.32 Å². The summed E-state index contributed by atoms with van der Waals surface area (Å²) in [7, 11) is 0. The molecule has 0 aromatic heterocycles. The molecule has 0 saturated carbocycles. The van der Waals surface area contributed by atoms with Gasteiger partial charge in [0.15, 0.2) is 0 Å². The standard InChI is InChI=1S/C17H15FN2O6S/c1-8(21)26-6-9-7-27-16-12(15(23)20(16)13(9)17(24)25)19-14(22)10-4-2-3-5-11(10)18/h2-5,12,16H,6-7H2,1H3,(H,19,22)(H,24,25)/t12-,16-/m1/s1. The molecular formula is C17H15FN2O6S.